The summed E-state index contributed by atoms with van der Waals surface area (Å²) in [6.07, 6.45) is 1.41. The van der Waals surface area contributed by atoms with Crippen LogP contribution in [0.4, 0.5) is 11.4 Å². The van der Waals surface area contributed by atoms with E-state index >= 15 is 0 Å². The fraction of sp³-hybridized carbons (Fsp3) is 0.0588. The second-order valence-electron chi connectivity index (χ2n) is 5.20. The summed E-state index contributed by atoms with van der Waals surface area (Å²) in [7, 11) is 0. The number of hydrogen-bond donors (Lipinski definition) is 1. The van der Waals surface area contributed by atoms with Crippen molar-refractivity contribution in [2.45, 2.75) is 6.92 Å². The highest BCUT2D eigenvalue weighted by Gasteiger charge is 2.29. The standard InChI is InChI=1S/C17H13N3O4/c1-11-15(10-12-9-14(20(23)24)7-8-16(12)21)17(22)19(18-11)13-5-3-2-4-6-13/h2-10,21H,1H3/b15-10-. The van der Waals surface area contributed by atoms with Crippen LogP contribution >= 0.6 is 0 Å². The summed E-state index contributed by atoms with van der Waals surface area (Å²) in [6, 6.07) is 12.6. The van der Waals surface area contributed by atoms with E-state index in [9.17, 15) is 20.0 Å². The summed E-state index contributed by atoms with van der Waals surface area (Å²) >= 11 is 0. The lowest BCUT2D eigenvalue weighted by atomic mass is 10.1. The van der Waals surface area contributed by atoms with Gasteiger partial charge >= 0.3 is 0 Å². The smallest absolute Gasteiger partial charge is 0.280 e. The van der Waals surface area contributed by atoms with E-state index in [0.717, 1.165) is 0 Å². The van der Waals surface area contributed by atoms with Gasteiger partial charge in [-0.25, -0.2) is 0 Å². The molecule has 1 amide bonds. The van der Waals surface area contributed by atoms with E-state index in [1.807, 2.05) is 6.07 Å². The molecule has 0 aromatic heterocycles. The van der Waals surface area contributed by atoms with E-state index in [0.29, 0.717) is 11.4 Å². The number of carbonyl (C=O) groups is 1. The number of anilines is 1. The molecule has 7 nitrogen and oxygen atoms in total. The molecule has 2 aromatic rings. The minimum absolute atomic E-state index is 0.146. The Bertz CT molecular complexity index is 888. The van der Waals surface area contributed by atoms with Crippen LogP contribution in [-0.4, -0.2) is 21.6 Å². The van der Waals surface area contributed by atoms with Gasteiger partial charge in [-0.15, -0.1) is 0 Å². The molecule has 1 aliphatic heterocycles. The molecule has 0 bridgehead atoms. The van der Waals surface area contributed by atoms with Crippen LogP contribution in [0.25, 0.3) is 6.08 Å². The fourth-order valence-corrected chi connectivity index (χ4v) is 2.36. The van der Waals surface area contributed by atoms with Gasteiger partial charge in [-0.3, -0.25) is 14.9 Å². The highest BCUT2D eigenvalue weighted by molar-refractivity contribution is 6.32. The molecule has 1 aliphatic rings. The average Bonchev–Trinajstić information content (AvgIpc) is 2.85. The Labute approximate surface area is 137 Å². The van der Waals surface area contributed by atoms with Gasteiger partial charge in [0.25, 0.3) is 11.6 Å². The van der Waals surface area contributed by atoms with Crippen LogP contribution in [0.3, 0.4) is 0 Å². The largest absolute Gasteiger partial charge is 0.507 e. The third kappa shape index (κ3) is 2.74. The number of amides is 1. The van der Waals surface area contributed by atoms with Gasteiger partial charge in [0.2, 0.25) is 0 Å². The first-order chi connectivity index (χ1) is 11.5. The highest BCUT2D eigenvalue weighted by Crippen LogP contribution is 2.29. The van der Waals surface area contributed by atoms with E-state index in [-0.39, 0.29) is 28.5 Å². The zero-order valence-electron chi connectivity index (χ0n) is 12.7. The molecule has 120 valence electrons. The van der Waals surface area contributed by atoms with Gasteiger partial charge in [0.1, 0.15) is 5.75 Å². The molecular formula is C17H13N3O4. The van der Waals surface area contributed by atoms with Crippen LogP contribution in [-0.2, 0) is 4.79 Å². The number of hydrazone groups is 1. The van der Waals surface area contributed by atoms with Crippen LogP contribution in [0, 0.1) is 10.1 Å². The van der Waals surface area contributed by atoms with Gasteiger partial charge in [0.05, 0.1) is 21.9 Å². The Hall–Kier alpha value is -3.48. The third-order valence-corrected chi connectivity index (χ3v) is 3.59. The van der Waals surface area contributed by atoms with Crippen LogP contribution < -0.4 is 5.01 Å². The number of hydrogen-bond acceptors (Lipinski definition) is 5. The summed E-state index contributed by atoms with van der Waals surface area (Å²) in [5, 5.41) is 26.3. The average molecular weight is 323 g/mol. The van der Waals surface area contributed by atoms with Crippen LogP contribution in [0.5, 0.6) is 5.75 Å². The van der Waals surface area contributed by atoms with E-state index in [2.05, 4.69) is 5.10 Å². The van der Waals surface area contributed by atoms with E-state index in [1.165, 1.54) is 29.3 Å². The summed E-state index contributed by atoms with van der Waals surface area (Å²) in [5.74, 6) is -0.503. The normalized spacial score (nSPS) is 15.7. The maximum Gasteiger partial charge on any atom is 0.280 e. The molecule has 0 atom stereocenters. The Balaban J connectivity index is 2.00. The molecule has 2 aromatic carbocycles. The second-order valence-corrected chi connectivity index (χ2v) is 5.20. The molecule has 0 fully saturated rings. The second kappa shape index (κ2) is 5.96. The molecule has 0 saturated carbocycles. The van der Waals surface area contributed by atoms with Crippen molar-refractivity contribution in [1.82, 2.24) is 0 Å². The van der Waals surface area contributed by atoms with Crippen LogP contribution in [0.2, 0.25) is 0 Å². The van der Waals surface area contributed by atoms with Crippen molar-refractivity contribution in [3.05, 3.63) is 69.8 Å². The molecule has 0 radical (unpaired) electrons. The summed E-state index contributed by atoms with van der Waals surface area (Å²) in [4.78, 5) is 22.9. The number of phenolic OH excluding ortho intramolecular Hbond substituents is 1. The zero-order chi connectivity index (χ0) is 17.3. The van der Waals surface area contributed by atoms with E-state index in [4.69, 9.17) is 0 Å². The lowest BCUT2D eigenvalue weighted by Crippen LogP contribution is -2.21. The van der Waals surface area contributed by atoms with Crippen molar-refractivity contribution in [1.29, 1.82) is 0 Å². The minimum Gasteiger partial charge on any atom is -0.507 e. The Morgan fingerprint density at radius 1 is 1.21 bits per heavy atom. The predicted molar refractivity (Wildman–Crippen MR) is 89.8 cm³/mol. The zero-order valence-corrected chi connectivity index (χ0v) is 12.7. The number of nitro benzene ring substituents is 1. The van der Waals surface area contributed by atoms with Gasteiger partial charge < -0.3 is 5.11 Å². The van der Waals surface area contributed by atoms with Gasteiger partial charge in [-0.05, 0) is 31.2 Å². The first kappa shape index (κ1) is 15.4. The lowest BCUT2D eigenvalue weighted by molar-refractivity contribution is -0.384. The number of nitrogens with zero attached hydrogens (tertiary/aromatic N) is 3. The molecule has 7 heteroatoms. The van der Waals surface area contributed by atoms with Gasteiger partial charge in [0, 0.05) is 17.7 Å². The van der Waals surface area contributed by atoms with Crippen LogP contribution in [0.1, 0.15) is 12.5 Å². The molecule has 1 N–H and O–H groups in total. The lowest BCUT2D eigenvalue weighted by Gasteiger charge is -2.11. The first-order valence-electron chi connectivity index (χ1n) is 7.11. The third-order valence-electron chi connectivity index (χ3n) is 3.59. The summed E-state index contributed by atoms with van der Waals surface area (Å²) in [5.41, 5.74) is 1.38. The van der Waals surface area contributed by atoms with E-state index in [1.54, 1.807) is 31.2 Å². The molecule has 0 saturated heterocycles. The summed E-state index contributed by atoms with van der Waals surface area (Å²) < 4.78 is 0. The maximum atomic E-state index is 12.6. The number of carbonyl (C=O) groups excluding carboxylic acids is 1. The molecule has 24 heavy (non-hydrogen) atoms. The van der Waals surface area contributed by atoms with E-state index < -0.39 is 4.92 Å². The molecule has 0 spiro atoms. The molecular weight excluding hydrogens is 310 g/mol. The molecule has 0 unspecified atom stereocenters. The molecule has 0 aliphatic carbocycles. The topological polar surface area (TPSA) is 96.0 Å². The number of nitro groups is 1. The molecule has 1 heterocycles. The minimum atomic E-state index is -0.560. The Kier molecular flexibility index (Phi) is 3.83. The van der Waals surface area contributed by atoms with Crippen molar-refractivity contribution in [2.75, 3.05) is 5.01 Å². The number of para-hydroxylation sites is 1. The van der Waals surface area contributed by atoms with Gasteiger partial charge in [-0.2, -0.15) is 10.1 Å². The monoisotopic (exact) mass is 323 g/mol. The van der Waals surface area contributed by atoms with Crippen molar-refractivity contribution < 1.29 is 14.8 Å². The van der Waals surface area contributed by atoms with Crippen LogP contribution in [0.15, 0.2) is 59.2 Å². The van der Waals surface area contributed by atoms with Crippen molar-refractivity contribution >= 4 is 29.1 Å². The van der Waals surface area contributed by atoms with Crippen molar-refractivity contribution in [3.8, 4) is 5.75 Å². The van der Waals surface area contributed by atoms with Crippen molar-refractivity contribution in [3.63, 3.8) is 0 Å². The van der Waals surface area contributed by atoms with Crippen molar-refractivity contribution in [2.24, 2.45) is 5.10 Å². The SMILES string of the molecule is CC1=NN(c2ccccc2)C(=O)/C1=C\c1cc([N+](=O)[O-])ccc1O. The fourth-order valence-electron chi connectivity index (χ4n) is 2.36. The Morgan fingerprint density at radius 2 is 1.92 bits per heavy atom. The highest BCUT2D eigenvalue weighted by atomic mass is 16.6. The maximum absolute atomic E-state index is 12.6. The Morgan fingerprint density at radius 3 is 2.58 bits per heavy atom. The quantitative estimate of drug-likeness (QED) is 0.533. The van der Waals surface area contributed by atoms with Gasteiger partial charge in [-0.1, -0.05) is 18.2 Å². The number of non-ortho nitro benzene ring substituents is 1. The summed E-state index contributed by atoms with van der Waals surface area (Å²) in [6.45, 7) is 1.67. The molecule has 3 rings (SSSR count). The van der Waals surface area contributed by atoms with Gasteiger partial charge in [0.15, 0.2) is 0 Å². The first-order valence-corrected chi connectivity index (χ1v) is 7.11. The predicted octanol–water partition coefficient (Wildman–Crippen LogP) is 3.11. The number of benzene rings is 2. The number of aromatic hydroxyl groups is 1. The number of rotatable bonds is 3. The number of phenols is 1.